The Hall–Kier alpha value is -2.12. The van der Waals surface area contributed by atoms with Gasteiger partial charge in [0.15, 0.2) is 0 Å². The molecule has 7 nitrogen and oxygen atoms in total. The molecule has 4 rings (SSSR count). The normalized spacial score (nSPS) is 31.1. The van der Waals surface area contributed by atoms with Crippen molar-refractivity contribution in [1.29, 1.82) is 0 Å². The maximum atomic E-state index is 12.6. The number of amides is 1. The first kappa shape index (κ1) is 16.4. The largest absolute Gasteiger partial charge is 0.481 e. The van der Waals surface area contributed by atoms with E-state index >= 15 is 0 Å². The first-order valence-electron chi connectivity index (χ1n) is 8.75. The maximum absolute atomic E-state index is 12.6. The van der Waals surface area contributed by atoms with Crippen LogP contribution >= 0.6 is 0 Å². The minimum Gasteiger partial charge on any atom is -0.481 e. The van der Waals surface area contributed by atoms with Crippen LogP contribution in [-0.4, -0.2) is 55.5 Å². The number of nitrogens with zero attached hydrogens (tertiary/aromatic N) is 1. The summed E-state index contributed by atoms with van der Waals surface area (Å²) in [4.78, 5) is 26.4. The highest BCUT2D eigenvalue weighted by Crippen LogP contribution is 2.44. The Labute approximate surface area is 145 Å². The van der Waals surface area contributed by atoms with Gasteiger partial charge in [-0.25, -0.2) is 0 Å². The molecule has 1 aromatic rings. The zero-order chi connectivity index (χ0) is 17.4. The molecule has 0 aromatic heterocycles. The average Bonchev–Trinajstić information content (AvgIpc) is 3.24. The van der Waals surface area contributed by atoms with Crippen molar-refractivity contribution in [3.63, 3.8) is 0 Å². The molecule has 3 aliphatic rings. The van der Waals surface area contributed by atoms with E-state index in [4.69, 9.17) is 9.47 Å². The molecule has 25 heavy (non-hydrogen) atoms. The third-order valence-corrected chi connectivity index (χ3v) is 5.37. The number of carboxylic acid groups (broad SMARTS) is 1. The number of aliphatic carboxylic acids is 1. The molecule has 3 heterocycles. The van der Waals surface area contributed by atoms with Gasteiger partial charge in [-0.1, -0.05) is 0 Å². The van der Waals surface area contributed by atoms with E-state index in [-0.39, 0.29) is 18.1 Å². The highest BCUT2D eigenvalue weighted by Gasteiger charge is 2.55. The van der Waals surface area contributed by atoms with Gasteiger partial charge in [0.05, 0.1) is 37.3 Å². The molecule has 2 N–H and O–H groups in total. The van der Waals surface area contributed by atoms with Gasteiger partial charge < -0.3 is 24.8 Å². The molecule has 1 amide bonds. The Morgan fingerprint density at radius 2 is 1.68 bits per heavy atom. The van der Waals surface area contributed by atoms with Crippen molar-refractivity contribution < 1.29 is 24.2 Å². The van der Waals surface area contributed by atoms with Crippen LogP contribution in [0.4, 0.5) is 11.4 Å². The molecule has 134 valence electrons. The quantitative estimate of drug-likeness (QED) is 0.855. The van der Waals surface area contributed by atoms with Crippen LogP contribution in [-0.2, 0) is 19.1 Å². The summed E-state index contributed by atoms with van der Waals surface area (Å²) in [5, 5.41) is 12.3. The standard InChI is InChI=1S/C18H22N2O5/c21-17(15-13-5-6-14(25-13)16(15)18(22)23)19-11-1-3-12(4-2-11)20-7-9-24-10-8-20/h1-4,13-16H,5-10H2,(H,19,21)(H,22,23)/t13-,14-,15?,16?/m1/s1. The number of ether oxygens (including phenoxy) is 2. The van der Waals surface area contributed by atoms with Gasteiger partial charge in [0.1, 0.15) is 0 Å². The summed E-state index contributed by atoms with van der Waals surface area (Å²) < 4.78 is 11.0. The van der Waals surface area contributed by atoms with E-state index in [9.17, 15) is 14.7 Å². The summed E-state index contributed by atoms with van der Waals surface area (Å²) in [6.07, 6.45) is 0.864. The van der Waals surface area contributed by atoms with Gasteiger partial charge >= 0.3 is 5.97 Å². The summed E-state index contributed by atoms with van der Waals surface area (Å²) in [6.45, 7) is 3.15. The second kappa shape index (κ2) is 6.65. The molecular formula is C18H22N2O5. The average molecular weight is 346 g/mol. The summed E-state index contributed by atoms with van der Waals surface area (Å²) >= 11 is 0. The lowest BCUT2D eigenvalue weighted by Gasteiger charge is -2.29. The highest BCUT2D eigenvalue weighted by molar-refractivity contribution is 5.96. The van der Waals surface area contributed by atoms with E-state index in [0.29, 0.717) is 5.69 Å². The van der Waals surface area contributed by atoms with Crippen LogP contribution in [0.5, 0.6) is 0 Å². The molecule has 2 bridgehead atoms. The van der Waals surface area contributed by atoms with Crippen LogP contribution in [0, 0.1) is 11.8 Å². The van der Waals surface area contributed by atoms with E-state index in [0.717, 1.165) is 44.8 Å². The van der Waals surface area contributed by atoms with Crippen molar-refractivity contribution in [2.24, 2.45) is 11.8 Å². The lowest BCUT2D eigenvalue weighted by Crippen LogP contribution is -2.41. The summed E-state index contributed by atoms with van der Waals surface area (Å²) in [5.41, 5.74) is 1.77. The van der Waals surface area contributed by atoms with Gasteiger partial charge in [0.25, 0.3) is 0 Å². The molecule has 7 heteroatoms. The first-order chi connectivity index (χ1) is 12.1. The van der Waals surface area contributed by atoms with Crippen LogP contribution in [0.25, 0.3) is 0 Å². The number of carbonyl (C=O) groups excluding carboxylic acids is 1. The Bertz CT molecular complexity index is 656. The fourth-order valence-corrected chi connectivity index (χ4v) is 4.13. The van der Waals surface area contributed by atoms with Crippen molar-refractivity contribution in [2.75, 3.05) is 36.5 Å². The van der Waals surface area contributed by atoms with Crippen molar-refractivity contribution in [3.05, 3.63) is 24.3 Å². The Kier molecular flexibility index (Phi) is 4.35. The Balaban J connectivity index is 1.43. The fourth-order valence-electron chi connectivity index (χ4n) is 4.13. The number of hydrogen-bond donors (Lipinski definition) is 2. The molecular weight excluding hydrogens is 324 g/mol. The zero-order valence-corrected chi connectivity index (χ0v) is 13.9. The first-order valence-corrected chi connectivity index (χ1v) is 8.75. The van der Waals surface area contributed by atoms with Crippen LogP contribution < -0.4 is 10.2 Å². The van der Waals surface area contributed by atoms with Crippen molar-refractivity contribution >= 4 is 23.3 Å². The van der Waals surface area contributed by atoms with Gasteiger partial charge in [0, 0.05) is 24.5 Å². The summed E-state index contributed by atoms with van der Waals surface area (Å²) in [7, 11) is 0. The third kappa shape index (κ3) is 3.09. The molecule has 3 saturated heterocycles. The predicted octanol–water partition coefficient (Wildman–Crippen LogP) is 1.34. The van der Waals surface area contributed by atoms with E-state index < -0.39 is 17.8 Å². The molecule has 1 aromatic carbocycles. The number of fused-ring (bicyclic) bond motifs is 2. The maximum Gasteiger partial charge on any atom is 0.310 e. The van der Waals surface area contributed by atoms with Crippen molar-refractivity contribution in [2.45, 2.75) is 25.0 Å². The van der Waals surface area contributed by atoms with Crippen LogP contribution in [0.2, 0.25) is 0 Å². The van der Waals surface area contributed by atoms with Gasteiger partial charge in [-0.05, 0) is 37.1 Å². The van der Waals surface area contributed by atoms with Crippen LogP contribution in [0.1, 0.15) is 12.8 Å². The lowest BCUT2D eigenvalue weighted by molar-refractivity contribution is -0.147. The number of rotatable bonds is 4. The molecule has 4 atom stereocenters. The van der Waals surface area contributed by atoms with Gasteiger partial charge in [-0.2, -0.15) is 0 Å². The third-order valence-electron chi connectivity index (χ3n) is 5.37. The second-order valence-corrected chi connectivity index (χ2v) is 6.82. The van der Waals surface area contributed by atoms with Crippen LogP contribution in [0.15, 0.2) is 24.3 Å². The van der Waals surface area contributed by atoms with Gasteiger partial charge in [0.2, 0.25) is 5.91 Å². The molecule has 2 unspecified atom stereocenters. The predicted molar refractivity (Wildman–Crippen MR) is 90.6 cm³/mol. The lowest BCUT2D eigenvalue weighted by atomic mass is 9.78. The number of nitrogens with one attached hydrogen (secondary N) is 1. The number of hydrogen-bond acceptors (Lipinski definition) is 5. The molecule has 0 radical (unpaired) electrons. The summed E-state index contributed by atoms with van der Waals surface area (Å²) in [5.74, 6) is -2.57. The number of morpholine rings is 1. The number of benzene rings is 1. The highest BCUT2D eigenvalue weighted by atomic mass is 16.5. The topological polar surface area (TPSA) is 88.1 Å². The van der Waals surface area contributed by atoms with E-state index in [1.54, 1.807) is 0 Å². The Morgan fingerprint density at radius 1 is 1.04 bits per heavy atom. The molecule has 0 saturated carbocycles. The number of carbonyl (C=O) groups is 2. The van der Waals surface area contributed by atoms with Crippen molar-refractivity contribution in [1.82, 2.24) is 0 Å². The fraction of sp³-hybridized carbons (Fsp3) is 0.556. The monoisotopic (exact) mass is 346 g/mol. The molecule has 3 fully saturated rings. The molecule has 0 spiro atoms. The SMILES string of the molecule is O=C(O)C1C(C(=O)Nc2ccc(N3CCOCC3)cc2)[C@H]2CC[C@H]1O2. The van der Waals surface area contributed by atoms with Gasteiger partial charge in [-0.3, -0.25) is 9.59 Å². The van der Waals surface area contributed by atoms with E-state index in [1.807, 2.05) is 24.3 Å². The summed E-state index contributed by atoms with van der Waals surface area (Å²) in [6, 6.07) is 7.64. The van der Waals surface area contributed by atoms with Crippen LogP contribution in [0.3, 0.4) is 0 Å². The van der Waals surface area contributed by atoms with Crippen molar-refractivity contribution in [3.8, 4) is 0 Å². The zero-order valence-electron chi connectivity index (χ0n) is 13.9. The smallest absolute Gasteiger partial charge is 0.310 e. The Morgan fingerprint density at radius 3 is 2.32 bits per heavy atom. The van der Waals surface area contributed by atoms with E-state index in [2.05, 4.69) is 10.2 Å². The molecule has 3 aliphatic heterocycles. The van der Waals surface area contributed by atoms with E-state index in [1.165, 1.54) is 0 Å². The minimum atomic E-state index is -0.949. The number of carboxylic acids is 1. The minimum absolute atomic E-state index is 0.265. The molecule has 0 aliphatic carbocycles. The van der Waals surface area contributed by atoms with Gasteiger partial charge in [-0.15, -0.1) is 0 Å². The number of anilines is 2. The second-order valence-electron chi connectivity index (χ2n) is 6.82.